The molecule has 3 rings (SSSR count). The minimum atomic E-state index is -2.02. The first-order valence-electron chi connectivity index (χ1n) is 8.99. The second kappa shape index (κ2) is 9.23. The number of morpholine rings is 1. The number of methoxy groups -OCH3 is 1. The molecule has 9 heteroatoms. The van der Waals surface area contributed by atoms with Crippen molar-refractivity contribution < 1.29 is 31.8 Å². The maximum absolute atomic E-state index is 13.9. The molecule has 1 amide bonds. The molecule has 0 aliphatic carbocycles. The molecule has 0 spiro atoms. The van der Waals surface area contributed by atoms with E-state index < -0.39 is 34.7 Å². The van der Waals surface area contributed by atoms with Gasteiger partial charge in [-0.2, -0.15) is 0 Å². The van der Waals surface area contributed by atoms with Gasteiger partial charge < -0.3 is 14.8 Å². The molecule has 1 N–H and O–H groups in total. The van der Waals surface area contributed by atoms with E-state index in [1.165, 1.54) is 0 Å². The smallest absolute Gasteiger partial charge is 0.254 e. The predicted molar refractivity (Wildman–Crippen MR) is 96.7 cm³/mol. The molecule has 0 saturated carbocycles. The van der Waals surface area contributed by atoms with Gasteiger partial charge in [0, 0.05) is 19.6 Å². The first-order valence-corrected chi connectivity index (χ1v) is 8.99. The van der Waals surface area contributed by atoms with E-state index in [0.29, 0.717) is 38.1 Å². The Labute approximate surface area is 165 Å². The van der Waals surface area contributed by atoms with Crippen LogP contribution in [0.3, 0.4) is 0 Å². The van der Waals surface area contributed by atoms with E-state index in [-0.39, 0.29) is 12.6 Å². The average Bonchev–Trinajstić information content (AvgIpc) is 2.76. The number of carbonyl (C=O) groups excluding carboxylic acids is 1. The summed E-state index contributed by atoms with van der Waals surface area (Å²) in [7, 11) is 1.55. The van der Waals surface area contributed by atoms with Crippen LogP contribution in [0.25, 0.3) is 0 Å². The van der Waals surface area contributed by atoms with Gasteiger partial charge in [-0.1, -0.05) is 12.1 Å². The lowest BCUT2D eigenvalue weighted by Gasteiger charge is -2.35. The molecule has 1 aliphatic rings. The van der Waals surface area contributed by atoms with Crippen molar-refractivity contribution in [2.45, 2.75) is 6.04 Å². The molecule has 1 saturated heterocycles. The standard InChI is InChI=1S/C20H20F4N2O3/c1-28-13-4-2-12(3-5-13)16(26-6-8-29-9-7-26)11-25-20(27)14-10-15(21)18(23)19(24)17(14)22/h2-5,10,16H,6-9,11H2,1H3,(H,25,27)/t16-/m0/s1. The van der Waals surface area contributed by atoms with Gasteiger partial charge in [0.2, 0.25) is 0 Å². The lowest BCUT2D eigenvalue weighted by atomic mass is 10.0. The molecule has 1 fully saturated rings. The summed E-state index contributed by atoms with van der Waals surface area (Å²) >= 11 is 0. The summed E-state index contributed by atoms with van der Waals surface area (Å²) in [5.41, 5.74) is -0.0261. The minimum Gasteiger partial charge on any atom is -0.497 e. The van der Waals surface area contributed by atoms with E-state index >= 15 is 0 Å². The lowest BCUT2D eigenvalue weighted by molar-refractivity contribution is 0.0162. The van der Waals surface area contributed by atoms with Gasteiger partial charge in [-0.05, 0) is 23.8 Å². The van der Waals surface area contributed by atoms with Crippen LogP contribution in [0, 0.1) is 23.3 Å². The van der Waals surface area contributed by atoms with Crippen LogP contribution >= 0.6 is 0 Å². The summed E-state index contributed by atoms with van der Waals surface area (Å²) in [5, 5.41) is 2.49. The van der Waals surface area contributed by atoms with Crippen LogP contribution in [0.2, 0.25) is 0 Å². The maximum atomic E-state index is 13.9. The molecule has 2 aromatic carbocycles. The molecular formula is C20H20F4N2O3. The highest BCUT2D eigenvalue weighted by molar-refractivity contribution is 5.94. The van der Waals surface area contributed by atoms with Gasteiger partial charge in [0.05, 0.1) is 31.9 Å². The molecule has 0 aromatic heterocycles. The Bertz CT molecular complexity index is 871. The molecule has 0 bridgehead atoms. The SMILES string of the molecule is COc1ccc([C@H](CNC(=O)c2cc(F)c(F)c(F)c2F)N2CCOCC2)cc1. The summed E-state index contributed by atoms with van der Waals surface area (Å²) in [6, 6.07) is 7.28. The highest BCUT2D eigenvalue weighted by Gasteiger charge is 2.26. The van der Waals surface area contributed by atoms with Crippen LogP contribution in [-0.2, 0) is 4.74 Å². The Morgan fingerprint density at radius 2 is 1.76 bits per heavy atom. The minimum absolute atomic E-state index is 0.0468. The molecule has 0 radical (unpaired) electrons. The Kier molecular flexibility index (Phi) is 6.71. The van der Waals surface area contributed by atoms with Crippen molar-refractivity contribution in [2.24, 2.45) is 0 Å². The Balaban J connectivity index is 1.80. The Morgan fingerprint density at radius 1 is 1.10 bits per heavy atom. The van der Waals surface area contributed by atoms with E-state index in [1.54, 1.807) is 19.2 Å². The second-order valence-electron chi connectivity index (χ2n) is 6.50. The molecule has 29 heavy (non-hydrogen) atoms. The summed E-state index contributed by atoms with van der Waals surface area (Å²) in [6.07, 6.45) is 0. The van der Waals surface area contributed by atoms with Crippen molar-refractivity contribution in [3.8, 4) is 5.75 Å². The van der Waals surface area contributed by atoms with Crippen molar-refractivity contribution in [3.05, 3.63) is 64.7 Å². The van der Waals surface area contributed by atoms with E-state index in [2.05, 4.69) is 10.2 Å². The van der Waals surface area contributed by atoms with Crippen LogP contribution in [-0.4, -0.2) is 50.8 Å². The fourth-order valence-corrected chi connectivity index (χ4v) is 3.20. The molecule has 156 valence electrons. The van der Waals surface area contributed by atoms with Gasteiger partial charge in [0.15, 0.2) is 23.3 Å². The molecule has 5 nitrogen and oxygen atoms in total. The predicted octanol–water partition coefficient (Wildman–Crippen LogP) is 3.05. The zero-order chi connectivity index (χ0) is 21.0. The molecule has 2 aromatic rings. The number of halogens is 4. The molecule has 0 unspecified atom stereocenters. The monoisotopic (exact) mass is 412 g/mol. The Hall–Kier alpha value is -2.65. The van der Waals surface area contributed by atoms with Crippen molar-refractivity contribution in [3.63, 3.8) is 0 Å². The third kappa shape index (κ3) is 4.68. The topological polar surface area (TPSA) is 50.8 Å². The van der Waals surface area contributed by atoms with Crippen LogP contribution in [0.5, 0.6) is 5.75 Å². The van der Waals surface area contributed by atoms with E-state index in [9.17, 15) is 22.4 Å². The number of nitrogens with one attached hydrogen (secondary N) is 1. The fourth-order valence-electron chi connectivity index (χ4n) is 3.20. The number of hydrogen-bond acceptors (Lipinski definition) is 4. The lowest BCUT2D eigenvalue weighted by Crippen LogP contribution is -2.44. The third-order valence-electron chi connectivity index (χ3n) is 4.79. The normalized spacial score (nSPS) is 15.8. The molecular weight excluding hydrogens is 392 g/mol. The van der Waals surface area contributed by atoms with Crippen LogP contribution in [0.4, 0.5) is 17.6 Å². The van der Waals surface area contributed by atoms with Gasteiger partial charge in [0.1, 0.15) is 5.75 Å². The zero-order valence-electron chi connectivity index (χ0n) is 15.7. The number of benzene rings is 2. The number of ether oxygens (including phenoxy) is 2. The van der Waals surface area contributed by atoms with Gasteiger partial charge in [0.25, 0.3) is 5.91 Å². The number of hydrogen-bond donors (Lipinski definition) is 1. The summed E-state index contributed by atoms with van der Waals surface area (Å²) < 4.78 is 64.4. The van der Waals surface area contributed by atoms with E-state index in [0.717, 1.165) is 5.56 Å². The summed E-state index contributed by atoms with van der Waals surface area (Å²) in [4.78, 5) is 14.4. The molecule has 1 heterocycles. The Morgan fingerprint density at radius 3 is 2.38 bits per heavy atom. The van der Waals surface area contributed by atoms with Crippen LogP contribution in [0.1, 0.15) is 22.0 Å². The largest absolute Gasteiger partial charge is 0.497 e. The quantitative estimate of drug-likeness (QED) is 0.450. The number of carbonyl (C=O) groups is 1. The van der Waals surface area contributed by atoms with Crippen molar-refractivity contribution >= 4 is 5.91 Å². The van der Waals surface area contributed by atoms with Crippen LogP contribution < -0.4 is 10.1 Å². The van der Waals surface area contributed by atoms with Crippen LogP contribution in [0.15, 0.2) is 30.3 Å². The van der Waals surface area contributed by atoms with Gasteiger partial charge in [-0.3, -0.25) is 9.69 Å². The highest BCUT2D eigenvalue weighted by Crippen LogP contribution is 2.24. The first kappa shape index (κ1) is 21.1. The van der Waals surface area contributed by atoms with Gasteiger partial charge >= 0.3 is 0 Å². The van der Waals surface area contributed by atoms with Gasteiger partial charge in [-0.25, -0.2) is 17.6 Å². The van der Waals surface area contributed by atoms with Gasteiger partial charge in [-0.15, -0.1) is 0 Å². The third-order valence-corrected chi connectivity index (χ3v) is 4.79. The number of amides is 1. The second-order valence-corrected chi connectivity index (χ2v) is 6.50. The molecule has 1 aliphatic heterocycles. The summed E-state index contributed by atoms with van der Waals surface area (Å²) in [5.74, 6) is -7.70. The summed E-state index contributed by atoms with van der Waals surface area (Å²) in [6.45, 7) is 2.31. The van der Waals surface area contributed by atoms with Crippen molar-refractivity contribution in [1.82, 2.24) is 10.2 Å². The van der Waals surface area contributed by atoms with E-state index in [1.807, 2.05) is 12.1 Å². The highest BCUT2D eigenvalue weighted by atomic mass is 19.2. The first-order chi connectivity index (χ1) is 13.9. The average molecular weight is 412 g/mol. The number of nitrogens with zero attached hydrogens (tertiary/aromatic N) is 1. The van der Waals surface area contributed by atoms with E-state index in [4.69, 9.17) is 9.47 Å². The maximum Gasteiger partial charge on any atom is 0.254 e. The van der Waals surface area contributed by atoms with Crippen molar-refractivity contribution in [2.75, 3.05) is 40.0 Å². The molecule has 1 atom stereocenters. The number of rotatable bonds is 6. The van der Waals surface area contributed by atoms with Crippen molar-refractivity contribution in [1.29, 1.82) is 0 Å². The zero-order valence-corrected chi connectivity index (χ0v) is 15.7. The fraction of sp³-hybridized carbons (Fsp3) is 0.350.